The standard InChI is InChI=1S/C7H8O.C2H4O2/c8-6-7-4-2-1-3-5-7;1-4-2-3/h1-5,8H,6H2;2H,1H3. The average molecular weight is 168 g/mol. The van der Waals surface area contributed by atoms with E-state index in [-0.39, 0.29) is 6.61 Å². The summed E-state index contributed by atoms with van der Waals surface area (Å²) in [6, 6.07) is 9.52. The quantitative estimate of drug-likeness (QED) is 0.669. The van der Waals surface area contributed by atoms with Gasteiger partial charge in [0.25, 0.3) is 6.47 Å². The van der Waals surface area contributed by atoms with E-state index in [1.165, 1.54) is 7.11 Å². The van der Waals surface area contributed by atoms with Gasteiger partial charge in [-0.25, -0.2) is 0 Å². The molecule has 0 heterocycles. The second-order valence-corrected chi connectivity index (χ2v) is 1.98. The van der Waals surface area contributed by atoms with E-state index in [2.05, 4.69) is 4.74 Å². The van der Waals surface area contributed by atoms with Crippen LogP contribution >= 0.6 is 0 Å². The smallest absolute Gasteiger partial charge is 0.292 e. The van der Waals surface area contributed by atoms with Gasteiger partial charge in [-0.2, -0.15) is 0 Å². The van der Waals surface area contributed by atoms with Crippen LogP contribution in [0.4, 0.5) is 0 Å². The molecule has 12 heavy (non-hydrogen) atoms. The highest BCUT2D eigenvalue weighted by Gasteiger charge is 1.81. The largest absolute Gasteiger partial charge is 0.471 e. The fraction of sp³-hybridized carbons (Fsp3) is 0.222. The summed E-state index contributed by atoms with van der Waals surface area (Å²) in [6.45, 7) is 0.515. The first-order chi connectivity index (χ1) is 5.85. The Morgan fingerprint density at radius 1 is 1.42 bits per heavy atom. The maximum Gasteiger partial charge on any atom is 0.292 e. The molecule has 3 nitrogen and oxygen atoms in total. The molecule has 1 rings (SSSR count). The molecular weight excluding hydrogens is 156 g/mol. The van der Waals surface area contributed by atoms with Crippen LogP contribution in [0.15, 0.2) is 30.3 Å². The molecule has 0 atom stereocenters. The second-order valence-electron chi connectivity index (χ2n) is 1.98. The van der Waals surface area contributed by atoms with E-state index in [1.54, 1.807) is 0 Å². The fourth-order valence-corrected chi connectivity index (χ4v) is 0.583. The van der Waals surface area contributed by atoms with E-state index in [0.717, 1.165) is 5.56 Å². The Morgan fingerprint density at radius 2 is 1.92 bits per heavy atom. The summed E-state index contributed by atoms with van der Waals surface area (Å²) in [7, 11) is 1.31. The molecule has 0 spiro atoms. The molecule has 0 saturated carbocycles. The van der Waals surface area contributed by atoms with Crippen LogP contribution in [0.5, 0.6) is 0 Å². The van der Waals surface area contributed by atoms with Gasteiger partial charge in [-0.3, -0.25) is 4.79 Å². The topological polar surface area (TPSA) is 46.5 Å². The Morgan fingerprint density at radius 3 is 2.17 bits per heavy atom. The SMILES string of the molecule is COC=O.OCc1ccccc1. The highest BCUT2D eigenvalue weighted by Crippen LogP contribution is 1.95. The normalized spacial score (nSPS) is 7.83. The summed E-state index contributed by atoms with van der Waals surface area (Å²) in [4.78, 5) is 8.95. The minimum atomic E-state index is 0.140. The van der Waals surface area contributed by atoms with E-state index < -0.39 is 0 Å². The third-order valence-corrected chi connectivity index (χ3v) is 1.12. The summed E-state index contributed by atoms with van der Waals surface area (Å²) < 4.78 is 3.86. The van der Waals surface area contributed by atoms with Crippen LogP contribution in [0.25, 0.3) is 0 Å². The Bertz CT molecular complexity index is 196. The van der Waals surface area contributed by atoms with Gasteiger partial charge in [-0.1, -0.05) is 30.3 Å². The summed E-state index contributed by atoms with van der Waals surface area (Å²) in [5.74, 6) is 0. The Balaban J connectivity index is 0.000000261. The van der Waals surface area contributed by atoms with Crippen LogP contribution in [0.3, 0.4) is 0 Å². The predicted molar refractivity (Wildman–Crippen MR) is 45.4 cm³/mol. The molecule has 0 aliphatic heterocycles. The predicted octanol–water partition coefficient (Wildman–Crippen LogP) is 0.968. The first kappa shape index (κ1) is 10.7. The van der Waals surface area contributed by atoms with Gasteiger partial charge in [-0.15, -0.1) is 0 Å². The van der Waals surface area contributed by atoms with E-state index in [9.17, 15) is 0 Å². The van der Waals surface area contributed by atoms with Crippen molar-refractivity contribution in [3.05, 3.63) is 35.9 Å². The Labute approximate surface area is 71.6 Å². The molecular formula is C9H12O3. The number of ether oxygens (including phenoxy) is 1. The zero-order valence-corrected chi connectivity index (χ0v) is 6.93. The number of hydrogen-bond donors (Lipinski definition) is 1. The first-order valence-corrected chi connectivity index (χ1v) is 3.46. The van der Waals surface area contributed by atoms with Crippen molar-refractivity contribution in [1.29, 1.82) is 0 Å². The first-order valence-electron chi connectivity index (χ1n) is 3.46. The molecule has 0 amide bonds. The molecule has 0 aliphatic carbocycles. The van der Waals surface area contributed by atoms with Crippen molar-refractivity contribution in [3.8, 4) is 0 Å². The van der Waals surface area contributed by atoms with Crippen LogP contribution in [0.2, 0.25) is 0 Å². The Kier molecular flexibility index (Phi) is 6.88. The summed E-state index contributed by atoms with van der Waals surface area (Å²) in [6.07, 6.45) is 0. The number of rotatable bonds is 2. The molecule has 0 saturated heterocycles. The zero-order chi connectivity index (χ0) is 9.23. The van der Waals surface area contributed by atoms with Crippen molar-refractivity contribution in [2.24, 2.45) is 0 Å². The molecule has 66 valence electrons. The lowest BCUT2D eigenvalue weighted by molar-refractivity contribution is -0.126. The highest BCUT2D eigenvalue weighted by atomic mass is 16.5. The minimum absolute atomic E-state index is 0.140. The van der Waals surface area contributed by atoms with E-state index in [4.69, 9.17) is 9.90 Å². The molecule has 0 fully saturated rings. The van der Waals surface area contributed by atoms with Crippen molar-refractivity contribution in [2.45, 2.75) is 6.61 Å². The highest BCUT2D eigenvalue weighted by molar-refractivity contribution is 5.36. The minimum Gasteiger partial charge on any atom is -0.471 e. The summed E-state index contributed by atoms with van der Waals surface area (Å²) in [5.41, 5.74) is 0.965. The van der Waals surface area contributed by atoms with Gasteiger partial charge in [0.2, 0.25) is 0 Å². The van der Waals surface area contributed by atoms with Crippen molar-refractivity contribution in [3.63, 3.8) is 0 Å². The van der Waals surface area contributed by atoms with Gasteiger partial charge in [0.15, 0.2) is 0 Å². The van der Waals surface area contributed by atoms with E-state index >= 15 is 0 Å². The molecule has 0 aliphatic rings. The molecule has 1 N–H and O–H groups in total. The number of carbonyl (C=O) groups excluding carboxylic acids is 1. The van der Waals surface area contributed by atoms with Gasteiger partial charge in [0.1, 0.15) is 0 Å². The molecule has 0 unspecified atom stereocenters. The van der Waals surface area contributed by atoms with Crippen LogP contribution in [0.1, 0.15) is 5.56 Å². The van der Waals surface area contributed by atoms with Crippen molar-refractivity contribution < 1.29 is 14.6 Å². The second kappa shape index (κ2) is 7.75. The van der Waals surface area contributed by atoms with Crippen molar-refractivity contribution in [1.82, 2.24) is 0 Å². The van der Waals surface area contributed by atoms with Gasteiger partial charge in [0.05, 0.1) is 13.7 Å². The van der Waals surface area contributed by atoms with Gasteiger partial charge in [0, 0.05) is 0 Å². The van der Waals surface area contributed by atoms with Gasteiger partial charge in [-0.05, 0) is 5.56 Å². The van der Waals surface area contributed by atoms with E-state index in [0.29, 0.717) is 6.47 Å². The third-order valence-electron chi connectivity index (χ3n) is 1.12. The lowest BCUT2D eigenvalue weighted by atomic mass is 10.2. The number of carbonyl (C=O) groups is 1. The van der Waals surface area contributed by atoms with Crippen molar-refractivity contribution in [2.75, 3.05) is 7.11 Å². The van der Waals surface area contributed by atoms with E-state index in [1.807, 2.05) is 30.3 Å². The number of aliphatic hydroxyl groups excluding tert-OH is 1. The van der Waals surface area contributed by atoms with Crippen molar-refractivity contribution >= 4 is 6.47 Å². The van der Waals surface area contributed by atoms with Crippen LogP contribution in [-0.4, -0.2) is 18.7 Å². The van der Waals surface area contributed by atoms with Crippen LogP contribution in [-0.2, 0) is 16.1 Å². The number of methoxy groups -OCH3 is 1. The van der Waals surface area contributed by atoms with Crippen LogP contribution < -0.4 is 0 Å². The van der Waals surface area contributed by atoms with Gasteiger partial charge >= 0.3 is 0 Å². The molecule has 3 heteroatoms. The molecule has 1 aromatic carbocycles. The summed E-state index contributed by atoms with van der Waals surface area (Å²) in [5, 5.41) is 8.54. The zero-order valence-electron chi connectivity index (χ0n) is 6.93. The Hall–Kier alpha value is -1.35. The monoisotopic (exact) mass is 168 g/mol. The maximum atomic E-state index is 8.95. The molecule has 0 bridgehead atoms. The third kappa shape index (κ3) is 5.44. The van der Waals surface area contributed by atoms with Gasteiger partial charge < -0.3 is 9.84 Å². The average Bonchev–Trinajstić information content (AvgIpc) is 2.19. The summed E-state index contributed by atoms with van der Waals surface area (Å²) >= 11 is 0. The number of aliphatic hydroxyl groups is 1. The fourth-order valence-electron chi connectivity index (χ4n) is 0.583. The van der Waals surface area contributed by atoms with Crippen LogP contribution in [0, 0.1) is 0 Å². The molecule has 1 aromatic rings. The molecule has 0 aromatic heterocycles. The number of hydrogen-bond acceptors (Lipinski definition) is 3. The molecule has 0 radical (unpaired) electrons. The maximum absolute atomic E-state index is 8.95. The lowest BCUT2D eigenvalue weighted by Gasteiger charge is -1.89. The number of benzene rings is 1. The lowest BCUT2D eigenvalue weighted by Crippen LogP contribution is -1.77.